The smallest absolute Gasteiger partial charge is 0.00576 e. The van der Waals surface area contributed by atoms with Crippen LogP contribution in [0.5, 0.6) is 0 Å². The number of unbranched alkanes of at least 4 members (excludes halogenated alkanes) is 3. The summed E-state index contributed by atoms with van der Waals surface area (Å²) in [6.45, 7) is 11.1. The van der Waals surface area contributed by atoms with Crippen LogP contribution in [0.25, 0.3) is 0 Å². The molecule has 0 saturated carbocycles. The van der Waals surface area contributed by atoms with Crippen molar-refractivity contribution in [2.24, 2.45) is 11.3 Å². The molecule has 0 aliphatic carbocycles. The van der Waals surface area contributed by atoms with E-state index in [9.17, 15) is 0 Å². The lowest BCUT2D eigenvalue weighted by atomic mass is 9.69. The molecule has 0 fully saturated rings. The Labute approximate surface area is 119 Å². The Balaban J connectivity index is 2.72. The topological polar surface area (TPSA) is 0 Å². The molecule has 1 aromatic carbocycles. The molecule has 0 bridgehead atoms. The third-order valence-corrected chi connectivity index (χ3v) is 4.43. The van der Waals surface area contributed by atoms with Gasteiger partial charge in [0.25, 0.3) is 0 Å². The number of hydrogen-bond donors (Lipinski definition) is 0. The Morgan fingerprint density at radius 1 is 1.11 bits per heavy atom. The van der Waals surface area contributed by atoms with Crippen molar-refractivity contribution in [3.63, 3.8) is 0 Å². The summed E-state index contributed by atoms with van der Waals surface area (Å²) in [7, 11) is 0. The predicted octanol–water partition coefficient (Wildman–Crippen LogP) is 6.03. The van der Waals surface area contributed by atoms with Crippen LogP contribution < -0.4 is 0 Å². The van der Waals surface area contributed by atoms with E-state index in [1.54, 1.807) is 0 Å². The molecular weight excluding hydrogens is 228 g/mol. The normalized spacial score (nSPS) is 14.3. The predicted molar refractivity (Wildman–Crippen MR) is 86.4 cm³/mol. The molecule has 1 rings (SSSR count). The monoisotopic (exact) mass is 258 g/mol. The van der Waals surface area contributed by atoms with Crippen molar-refractivity contribution in [3.8, 4) is 0 Å². The first-order valence-corrected chi connectivity index (χ1v) is 7.82. The Hall–Kier alpha value is -1.04. The summed E-state index contributed by atoms with van der Waals surface area (Å²) in [5.74, 6) is 0.645. The van der Waals surface area contributed by atoms with Gasteiger partial charge in [-0.1, -0.05) is 82.9 Å². The Morgan fingerprint density at radius 2 is 1.79 bits per heavy atom. The first kappa shape index (κ1) is 16.0. The van der Waals surface area contributed by atoms with Crippen LogP contribution in [0.3, 0.4) is 0 Å². The van der Waals surface area contributed by atoms with Crippen LogP contribution in [-0.2, 0) is 6.42 Å². The molecule has 0 spiro atoms. The quantitative estimate of drug-likeness (QED) is 0.375. The van der Waals surface area contributed by atoms with Gasteiger partial charge in [0, 0.05) is 0 Å². The molecule has 0 amide bonds. The third-order valence-electron chi connectivity index (χ3n) is 4.43. The van der Waals surface area contributed by atoms with Gasteiger partial charge in [-0.15, -0.1) is 6.58 Å². The van der Waals surface area contributed by atoms with E-state index in [1.165, 1.54) is 37.7 Å². The summed E-state index contributed by atoms with van der Waals surface area (Å²) in [6, 6.07) is 10.9. The summed E-state index contributed by atoms with van der Waals surface area (Å²) in [4.78, 5) is 0. The molecule has 0 nitrogen and oxygen atoms in total. The van der Waals surface area contributed by atoms with Crippen molar-refractivity contribution in [1.29, 1.82) is 0 Å². The van der Waals surface area contributed by atoms with Gasteiger partial charge in [0.05, 0.1) is 0 Å². The van der Waals surface area contributed by atoms with E-state index < -0.39 is 0 Å². The van der Waals surface area contributed by atoms with Gasteiger partial charge >= 0.3 is 0 Å². The molecule has 19 heavy (non-hydrogen) atoms. The summed E-state index contributed by atoms with van der Waals surface area (Å²) < 4.78 is 0. The van der Waals surface area contributed by atoms with Crippen LogP contribution in [0.1, 0.15) is 58.4 Å². The van der Waals surface area contributed by atoms with E-state index in [-0.39, 0.29) is 5.41 Å². The maximum atomic E-state index is 4.15. The van der Waals surface area contributed by atoms with E-state index in [0.29, 0.717) is 5.92 Å². The van der Waals surface area contributed by atoms with E-state index >= 15 is 0 Å². The fraction of sp³-hybridized carbons (Fsp3) is 0.579. The van der Waals surface area contributed by atoms with Gasteiger partial charge in [0.1, 0.15) is 0 Å². The molecule has 0 aliphatic rings. The van der Waals surface area contributed by atoms with Gasteiger partial charge < -0.3 is 0 Å². The molecule has 0 saturated heterocycles. The molecule has 0 aromatic heterocycles. The third kappa shape index (κ3) is 4.86. The van der Waals surface area contributed by atoms with E-state index in [1.807, 2.05) is 0 Å². The highest BCUT2D eigenvalue weighted by Gasteiger charge is 2.29. The van der Waals surface area contributed by atoms with Crippen molar-refractivity contribution in [2.75, 3.05) is 0 Å². The van der Waals surface area contributed by atoms with Crippen LogP contribution in [0.15, 0.2) is 43.0 Å². The van der Waals surface area contributed by atoms with Gasteiger partial charge in [0.15, 0.2) is 0 Å². The fourth-order valence-corrected chi connectivity index (χ4v) is 2.85. The first-order valence-electron chi connectivity index (χ1n) is 7.82. The fourth-order valence-electron chi connectivity index (χ4n) is 2.85. The molecule has 106 valence electrons. The summed E-state index contributed by atoms with van der Waals surface area (Å²) in [6.07, 6.45) is 9.96. The zero-order valence-corrected chi connectivity index (χ0v) is 13.0. The van der Waals surface area contributed by atoms with Crippen molar-refractivity contribution in [3.05, 3.63) is 48.6 Å². The Morgan fingerprint density at radius 3 is 2.32 bits per heavy atom. The lowest BCUT2D eigenvalue weighted by Crippen LogP contribution is -2.27. The standard InChI is InChI=1S/C19H30/c1-5-7-8-12-15-19(6-2,17(3)4)16-18-13-10-9-11-14-18/h6,9-11,13-14,17H,2,5,7-8,12,15-16H2,1,3-4H3. The average Bonchev–Trinajstić information content (AvgIpc) is 2.43. The molecule has 1 aromatic rings. The molecule has 0 radical (unpaired) electrons. The summed E-state index contributed by atoms with van der Waals surface area (Å²) in [5.41, 5.74) is 1.70. The first-order chi connectivity index (χ1) is 9.14. The highest BCUT2D eigenvalue weighted by Crippen LogP contribution is 2.38. The van der Waals surface area contributed by atoms with Crippen LogP contribution in [-0.4, -0.2) is 0 Å². The van der Waals surface area contributed by atoms with Gasteiger partial charge in [-0.25, -0.2) is 0 Å². The van der Waals surface area contributed by atoms with Gasteiger partial charge in [-0.05, 0) is 29.7 Å². The molecule has 1 unspecified atom stereocenters. The number of hydrogen-bond acceptors (Lipinski definition) is 0. The minimum absolute atomic E-state index is 0.259. The molecule has 0 N–H and O–H groups in total. The van der Waals surface area contributed by atoms with Crippen molar-refractivity contribution < 1.29 is 0 Å². The van der Waals surface area contributed by atoms with Crippen LogP contribution in [0.4, 0.5) is 0 Å². The highest BCUT2D eigenvalue weighted by molar-refractivity contribution is 5.18. The van der Waals surface area contributed by atoms with Crippen LogP contribution >= 0.6 is 0 Å². The maximum Gasteiger partial charge on any atom is -0.00576 e. The molecule has 0 aliphatic heterocycles. The second kappa shape index (κ2) is 8.19. The highest BCUT2D eigenvalue weighted by atomic mass is 14.3. The number of rotatable bonds is 9. The number of benzene rings is 1. The summed E-state index contributed by atoms with van der Waals surface area (Å²) in [5, 5.41) is 0. The van der Waals surface area contributed by atoms with E-state index in [2.05, 4.69) is 63.8 Å². The lowest BCUT2D eigenvalue weighted by molar-refractivity contribution is 0.234. The van der Waals surface area contributed by atoms with E-state index in [4.69, 9.17) is 0 Å². The van der Waals surface area contributed by atoms with Gasteiger partial charge in [-0.3, -0.25) is 0 Å². The van der Waals surface area contributed by atoms with Crippen LogP contribution in [0.2, 0.25) is 0 Å². The molecule has 1 atom stereocenters. The average molecular weight is 258 g/mol. The SMILES string of the molecule is C=CC(CCCCCC)(Cc1ccccc1)C(C)C. The van der Waals surface area contributed by atoms with Crippen molar-refractivity contribution in [2.45, 2.75) is 59.3 Å². The lowest BCUT2D eigenvalue weighted by Gasteiger charge is -2.35. The van der Waals surface area contributed by atoms with Gasteiger partial charge in [0.2, 0.25) is 0 Å². The molecule has 0 heteroatoms. The van der Waals surface area contributed by atoms with E-state index in [0.717, 1.165) is 6.42 Å². The second-order valence-corrected chi connectivity index (χ2v) is 6.07. The number of allylic oxidation sites excluding steroid dienone is 1. The van der Waals surface area contributed by atoms with Crippen molar-refractivity contribution >= 4 is 0 Å². The Kier molecular flexibility index (Phi) is 6.91. The minimum atomic E-state index is 0.259. The zero-order valence-electron chi connectivity index (χ0n) is 13.0. The molecular formula is C19H30. The van der Waals surface area contributed by atoms with Crippen LogP contribution in [0, 0.1) is 11.3 Å². The summed E-state index contributed by atoms with van der Waals surface area (Å²) >= 11 is 0. The zero-order chi connectivity index (χ0) is 14.1. The largest absolute Gasteiger partial charge is 0.103 e. The maximum absolute atomic E-state index is 4.15. The Bertz CT molecular complexity index is 350. The van der Waals surface area contributed by atoms with Gasteiger partial charge in [-0.2, -0.15) is 0 Å². The minimum Gasteiger partial charge on any atom is -0.103 e. The van der Waals surface area contributed by atoms with Crippen molar-refractivity contribution in [1.82, 2.24) is 0 Å². The molecule has 0 heterocycles. The second-order valence-electron chi connectivity index (χ2n) is 6.07.